The van der Waals surface area contributed by atoms with Crippen molar-refractivity contribution < 1.29 is 19.0 Å². The van der Waals surface area contributed by atoms with E-state index in [4.69, 9.17) is 19.9 Å². The van der Waals surface area contributed by atoms with E-state index in [1.54, 1.807) is 42.5 Å². The molecule has 0 unspecified atom stereocenters. The van der Waals surface area contributed by atoms with Crippen molar-refractivity contribution in [2.75, 3.05) is 13.2 Å². The number of nitrogens with two attached hydrogens (primary N) is 1. The first-order valence-corrected chi connectivity index (χ1v) is 8.74. The quantitative estimate of drug-likeness (QED) is 0.236. The molecule has 8 heteroatoms. The number of nitrogens with one attached hydrogen (secondary N) is 1. The molecule has 142 valence electrons. The minimum absolute atomic E-state index is 0.0668. The standard InChI is InChI=1S/C19H21N3O4S/c1-3-24-15-8-6-14(7-9-15)18(23)26-16-10-5-13(11-17(16)25-4-2)12-21-22-19(20)27/h5-12H,3-4H2,1-2H3,(H3,20,22,27)/b21-12-. The summed E-state index contributed by atoms with van der Waals surface area (Å²) < 4.78 is 16.4. The molecule has 7 nitrogen and oxygen atoms in total. The topological polar surface area (TPSA) is 95.2 Å². The number of benzene rings is 2. The fraction of sp³-hybridized carbons (Fsp3) is 0.211. The zero-order valence-corrected chi connectivity index (χ0v) is 15.9. The number of carbonyl (C=O) groups is 1. The van der Waals surface area contributed by atoms with Crippen molar-refractivity contribution >= 4 is 29.5 Å². The van der Waals surface area contributed by atoms with E-state index in [9.17, 15) is 4.79 Å². The van der Waals surface area contributed by atoms with Gasteiger partial charge in [-0.2, -0.15) is 5.10 Å². The Bertz CT molecular complexity index is 822. The summed E-state index contributed by atoms with van der Waals surface area (Å²) in [5.41, 5.74) is 8.92. The molecular weight excluding hydrogens is 366 g/mol. The molecule has 0 fully saturated rings. The predicted molar refractivity (Wildman–Crippen MR) is 108 cm³/mol. The minimum atomic E-state index is -0.490. The third-order valence-corrected chi connectivity index (χ3v) is 3.35. The highest BCUT2D eigenvalue weighted by atomic mass is 32.1. The van der Waals surface area contributed by atoms with E-state index in [-0.39, 0.29) is 5.11 Å². The zero-order valence-electron chi connectivity index (χ0n) is 15.1. The third kappa shape index (κ3) is 6.27. The highest BCUT2D eigenvalue weighted by molar-refractivity contribution is 7.80. The van der Waals surface area contributed by atoms with E-state index in [0.29, 0.717) is 36.0 Å². The van der Waals surface area contributed by atoms with Crippen LogP contribution in [-0.4, -0.2) is 30.5 Å². The Labute approximate surface area is 163 Å². The molecule has 0 aliphatic carbocycles. The van der Waals surface area contributed by atoms with Gasteiger partial charge in [-0.1, -0.05) is 0 Å². The highest BCUT2D eigenvalue weighted by Crippen LogP contribution is 2.29. The van der Waals surface area contributed by atoms with E-state index in [0.717, 1.165) is 5.56 Å². The summed E-state index contributed by atoms with van der Waals surface area (Å²) in [6.07, 6.45) is 1.53. The maximum Gasteiger partial charge on any atom is 0.343 e. The van der Waals surface area contributed by atoms with Crippen LogP contribution in [0.25, 0.3) is 0 Å². The van der Waals surface area contributed by atoms with Crippen LogP contribution in [0.3, 0.4) is 0 Å². The average molecular weight is 387 g/mol. The third-order valence-electron chi connectivity index (χ3n) is 3.26. The van der Waals surface area contributed by atoms with Crippen LogP contribution in [0, 0.1) is 0 Å². The number of carbonyl (C=O) groups excluding carboxylic acids is 1. The van der Waals surface area contributed by atoms with Gasteiger partial charge in [0.15, 0.2) is 16.6 Å². The Hall–Kier alpha value is -3.13. The van der Waals surface area contributed by atoms with E-state index in [2.05, 4.69) is 22.7 Å². The Morgan fingerprint density at radius 1 is 1.11 bits per heavy atom. The molecule has 0 bridgehead atoms. The molecule has 0 aliphatic heterocycles. The summed E-state index contributed by atoms with van der Waals surface area (Å²) in [5, 5.41) is 3.95. The van der Waals surface area contributed by atoms with Gasteiger partial charge in [0.2, 0.25) is 0 Å². The first-order chi connectivity index (χ1) is 13.0. The lowest BCUT2D eigenvalue weighted by Crippen LogP contribution is -2.23. The fourth-order valence-electron chi connectivity index (χ4n) is 2.14. The second-order valence-electron chi connectivity index (χ2n) is 5.22. The van der Waals surface area contributed by atoms with E-state index >= 15 is 0 Å². The lowest BCUT2D eigenvalue weighted by molar-refractivity contribution is 0.0728. The largest absolute Gasteiger partial charge is 0.494 e. The van der Waals surface area contributed by atoms with Crippen molar-refractivity contribution in [3.05, 3.63) is 53.6 Å². The molecular formula is C19H21N3O4S. The number of hydrazone groups is 1. The van der Waals surface area contributed by atoms with Gasteiger partial charge >= 0.3 is 5.97 Å². The van der Waals surface area contributed by atoms with Crippen molar-refractivity contribution in [3.63, 3.8) is 0 Å². The molecule has 0 aliphatic rings. The van der Waals surface area contributed by atoms with Gasteiger partial charge in [0, 0.05) is 0 Å². The van der Waals surface area contributed by atoms with Crippen molar-refractivity contribution in [2.24, 2.45) is 10.8 Å². The molecule has 0 radical (unpaired) electrons. The summed E-state index contributed by atoms with van der Waals surface area (Å²) in [4.78, 5) is 12.4. The molecule has 0 amide bonds. The number of esters is 1. The van der Waals surface area contributed by atoms with Crippen molar-refractivity contribution in [1.29, 1.82) is 0 Å². The van der Waals surface area contributed by atoms with Gasteiger partial charge in [0.25, 0.3) is 0 Å². The normalized spacial score (nSPS) is 10.4. The first-order valence-electron chi connectivity index (χ1n) is 8.33. The maximum absolute atomic E-state index is 12.4. The lowest BCUT2D eigenvalue weighted by atomic mass is 10.2. The number of hydrogen-bond acceptors (Lipinski definition) is 6. The predicted octanol–water partition coefficient (Wildman–Crippen LogP) is 2.87. The lowest BCUT2D eigenvalue weighted by Gasteiger charge is -2.11. The van der Waals surface area contributed by atoms with Crippen LogP contribution < -0.4 is 25.4 Å². The SMILES string of the molecule is CCOc1ccc(C(=O)Oc2ccc(/C=N\NC(N)=S)cc2OCC)cc1. The van der Waals surface area contributed by atoms with Gasteiger partial charge in [-0.3, -0.25) is 5.43 Å². The molecule has 0 saturated heterocycles. The summed E-state index contributed by atoms with van der Waals surface area (Å²) in [7, 11) is 0. The molecule has 0 saturated carbocycles. The van der Waals surface area contributed by atoms with Crippen LogP contribution in [0.1, 0.15) is 29.8 Å². The molecule has 0 heterocycles. The summed E-state index contributed by atoms with van der Waals surface area (Å²) in [6.45, 7) is 4.71. The Morgan fingerprint density at radius 3 is 2.44 bits per heavy atom. The number of rotatable bonds is 8. The second-order valence-corrected chi connectivity index (χ2v) is 5.66. The smallest absolute Gasteiger partial charge is 0.343 e. The van der Waals surface area contributed by atoms with Gasteiger partial charge in [0.1, 0.15) is 5.75 Å². The average Bonchev–Trinajstić information content (AvgIpc) is 2.64. The van der Waals surface area contributed by atoms with Crippen molar-refractivity contribution in [1.82, 2.24) is 5.43 Å². The highest BCUT2D eigenvalue weighted by Gasteiger charge is 2.13. The molecule has 0 atom stereocenters. The van der Waals surface area contributed by atoms with Crippen LogP contribution in [0.5, 0.6) is 17.2 Å². The maximum atomic E-state index is 12.4. The Balaban J connectivity index is 2.14. The van der Waals surface area contributed by atoms with Gasteiger partial charge in [-0.25, -0.2) is 4.79 Å². The first kappa shape index (κ1) is 20.2. The molecule has 2 rings (SSSR count). The molecule has 2 aromatic rings. The molecule has 3 N–H and O–H groups in total. The minimum Gasteiger partial charge on any atom is -0.494 e. The van der Waals surface area contributed by atoms with Crippen molar-refractivity contribution in [2.45, 2.75) is 13.8 Å². The molecule has 0 spiro atoms. The van der Waals surface area contributed by atoms with Gasteiger partial charge in [-0.05, 0) is 74.1 Å². The Kier molecular flexibility index (Phi) is 7.57. The fourth-order valence-corrected chi connectivity index (χ4v) is 2.19. The second kappa shape index (κ2) is 10.1. The number of hydrogen-bond donors (Lipinski definition) is 2. The van der Waals surface area contributed by atoms with E-state index in [1.807, 2.05) is 13.8 Å². The molecule has 2 aromatic carbocycles. The van der Waals surface area contributed by atoms with Crippen LogP contribution >= 0.6 is 12.2 Å². The van der Waals surface area contributed by atoms with E-state index in [1.165, 1.54) is 6.21 Å². The van der Waals surface area contributed by atoms with Crippen LogP contribution in [-0.2, 0) is 0 Å². The number of thiocarbonyl (C=S) groups is 1. The van der Waals surface area contributed by atoms with E-state index < -0.39 is 5.97 Å². The van der Waals surface area contributed by atoms with Crippen LogP contribution in [0.4, 0.5) is 0 Å². The van der Waals surface area contributed by atoms with Crippen LogP contribution in [0.15, 0.2) is 47.6 Å². The van der Waals surface area contributed by atoms with Gasteiger partial charge < -0.3 is 19.9 Å². The molecule has 27 heavy (non-hydrogen) atoms. The Morgan fingerprint density at radius 2 is 1.81 bits per heavy atom. The summed E-state index contributed by atoms with van der Waals surface area (Å²) in [6, 6.07) is 11.8. The summed E-state index contributed by atoms with van der Waals surface area (Å²) >= 11 is 4.68. The van der Waals surface area contributed by atoms with Gasteiger partial charge in [0.05, 0.1) is 25.0 Å². The summed E-state index contributed by atoms with van der Waals surface area (Å²) in [5.74, 6) is 0.945. The van der Waals surface area contributed by atoms with Crippen molar-refractivity contribution in [3.8, 4) is 17.2 Å². The van der Waals surface area contributed by atoms with Crippen LogP contribution in [0.2, 0.25) is 0 Å². The number of ether oxygens (including phenoxy) is 3. The van der Waals surface area contributed by atoms with Gasteiger partial charge in [-0.15, -0.1) is 0 Å². The molecule has 0 aromatic heterocycles. The zero-order chi connectivity index (χ0) is 19.6. The number of nitrogens with zero attached hydrogens (tertiary/aromatic N) is 1. The monoisotopic (exact) mass is 387 g/mol.